The number of carbonyl (C=O) groups is 1. The van der Waals surface area contributed by atoms with E-state index in [0.717, 1.165) is 44.7 Å². The maximum atomic E-state index is 12.4. The molecule has 4 nitrogen and oxygen atoms in total. The van der Waals surface area contributed by atoms with Crippen LogP contribution in [0.25, 0.3) is 0 Å². The smallest absolute Gasteiger partial charge is 0.220 e. The van der Waals surface area contributed by atoms with Crippen LogP contribution in [0.4, 0.5) is 0 Å². The van der Waals surface area contributed by atoms with Gasteiger partial charge < -0.3 is 9.73 Å². The van der Waals surface area contributed by atoms with E-state index in [-0.39, 0.29) is 11.3 Å². The molecule has 2 aromatic rings. The summed E-state index contributed by atoms with van der Waals surface area (Å²) in [5.74, 6) is 1.66. The van der Waals surface area contributed by atoms with E-state index < -0.39 is 0 Å². The summed E-state index contributed by atoms with van der Waals surface area (Å²) in [6.45, 7) is 3.09. The minimum absolute atomic E-state index is 0.240. The second-order valence-corrected chi connectivity index (χ2v) is 8.67. The van der Waals surface area contributed by atoms with Gasteiger partial charge in [-0.15, -0.1) is 0 Å². The highest BCUT2D eigenvalue weighted by Crippen LogP contribution is 2.52. The highest BCUT2D eigenvalue weighted by Gasteiger charge is 2.45. The first-order valence-corrected chi connectivity index (χ1v) is 10.4. The van der Waals surface area contributed by atoms with Gasteiger partial charge in [0.15, 0.2) is 0 Å². The molecule has 3 aliphatic rings. The number of hydrogen-bond acceptors (Lipinski definition) is 3. The van der Waals surface area contributed by atoms with Crippen molar-refractivity contribution in [1.82, 2.24) is 10.2 Å². The Morgan fingerprint density at radius 2 is 1.96 bits per heavy atom. The fourth-order valence-electron chi connectivity index (χ4n) is 5.18. The lowest BCUT2D eigenvalue weighted by atomic mass is 9.73. The lowest BCUT2D eigenvalue weighted by molar-refractivity contribution is -0.121. The minimum Gasteiger partial charge on any atom is -0.468 e. The van der Waals surface area contributed by atoms with Crippen molar-refractivity contribution in [2.24, 2.45) is 0 Å². The number of nitrogens with one attached hydrogen (secondary N) is 1. The van der Waals surface area contributed by atoms with Gasteiger partial charge in [-0.1, -0.05) is 24.3 Å². The number of furan rings is 1. The van der Waals surface area contributed by atoms with Crippen molar-refractivity contribution in [3.05, 3.63) is 59.5 Å². The Kier molecular flexibility index (Phi) is 4.31. The Bertz CT molecular complexity index is 802. The summed E-state index contributed by atoms with van der Waals surface area (Å²) in [6, 6.07) is 13.4. The van der Waals surface area contributed by atoms with E-state index in [2.05, 4.69) is 40.5 Å². The van der Waals surface area contributed by atoms with Crippen LogP contribution < -0.4 is 5.32 Å². The summed E-state index contributed by atoms with van der Waals surface area (Å²) in [6.07, 6.45) is 8.18. The highest BCUT2D eigenvalue weighted by atomic mass is 16.3. The molecule has 1 amide bonds. The molecule has 2 heterocycles. The Labute approximate surface area is 160 Å². The van der Waals surface area contributed by atoms with Crippen LogP contribution in [-0.4, -0.2) is 29.9 Å². The van der Waals surface area contributed by atoms with Crippen molar-refractivity contribution in [3.63, 3.8) is 0 Å². The molecule has 1 N–H and O–H groups in total. The second kappa shape index (κ2) is 6.83. The molecular weight excluding hydrogens is 336 g/mol. The van der Waals surface area contributed by atoms with Crippen LogP contribution in [0.1, 0.15) is 61.3 Å². The normalized spacial score (nSPS) is 24.1. The molecule has 1 atom stereocenters. The summed E-state index contributed by atoms with van der Waals surface area (Å²) in [5, 5.41) is 3.18. The van der Waals surface area contributed by atoms with E-state index in [1.807, 2.05) is 6.07 Å². The number of benzene rings is 1. The second-order valence-electron chi connectivity index (χ2n) is 8.67. The van der Waals surface area contributed by atoms with Gasteiger partial charge in [-0.3, -0.25) is 9.69 Å². The van der Waals surface area contributed by atoms with Gasteiger partial charge in [-0.2, -0.15) is 0 Å². The molecule has 4 heteroatoms. The van der Waals surface area contributed by atoms with Crippen molar-refractivity contribution in [3.8, 4) is 0 Å². The largest absolute Gasteiger partial charge is 0.468 e. The molecule has 27 heavy (non-hydrogen) atoms. The van der Waals surface area contributed by atoms with Crippen molar-refractivity contribution in [2.75, 3.05) is 13.1 Å². The molecule has 1 spiro atoms. The molecule has 1 aromatic carbocycles. The van der Waals surface area contributed by atoms with E-state index in [1.54, 1.807) is 6.26 Å². The van der Waals surface area contributed by atoms with Gasteiger partial charge in [0.05, 0.1) is 12.8 Å². The molecule has 0 bridgehead atoms. The van der Waals surface area contributed by atoms with Gasteiger partial charge >= 0.3 is 0 Å². The van der Waals surface area contributed by atoms with Crippen molar-refractivity contribution >= 4 is 5.91 Å². The lowest BCUT2D eigenvalue weighted by Crippen LogP contribution is -2.41. The average Bonchev–Trinajstić information content (AvgIpc) is 3.24. The summed E-state index contributed by atoms with van der Waals surface area (Å²) >= 11 is 0. The Morgan fingerprint density at radius 1 is 1.15 bits per heavy atom. The van der Waals surface area contributed by atoms with Crippen LogP contribution in [0.5, 0.6) is 0 Å². The molecule has 5 rings (SSSR count). The molecular formula is C23H28N2O2. The first kappa shape index (κ1) is 17.1. The van der Waals surface area contributed by atoms with Crippen LogP contribution in [0.2, 0.25) is 0 Å². The number of piperidine rings is 1. The van der Waals surface area contributed by atoms with E-state index in [1.165, 1.54) is 24.0 Å². The van der Waals surface area contributed by atoms with Gasteiger partial charge in [0, 0.05) is 12.5 Å². The first-order valence-electron chi connectivity index (χ1n) is 10.4. The van der Waals surface area contributed by atoms with E-state index in [4.69, 9.17) is 4.42 Å². The fraction of sp³-hybridized carbons (Fsp3) is 0.522. The molecule has 0 radical (unpaired) electrons. The topological polar surface area (TPSA) is 45.5 Å². The summed E-state index contributed by atoms with van der Waals surface area (Å²) in [7, 11) is 0. The number of likely N-dealkylation sites (tertiary alicyclic amines) is 1. The molecule has 1 saturated heterocycles. The van der Waals surface area contributed by atoms with Crippen LogP contribution in [0, 0.1) is 0 Å². The SMILES string of the molecule is O=C(C[C@@H]1CC2(CCN(Cc3ccco3)CC2)c2ccccc21)NC1CC1. The summed E-state index contributed by atoms with van der Waals surface area (Å²) in [4.78, 5) is 14.9. The minimum atomic E-state index is 0.240. The predicted molar refractivity (Wildman–Crippen MR) is 104 cm³/mol. The Balaban J connectivity index is 1.29. The number of amides is 1. The monoisotopic (exact) mass is 364 g/mol. The van der Waals surface area contributed by atoms with Crippen molar-refractivity contribution in [1.29, 1.82) is 0 Å². The van der Waals surface area contributed by atoms with Gasteiger partial charge in [0.2, 0.25) is 5.91 Å². The van der Waals surface area contributed by atoms with E-state index in [0.29, 0.717) is 18.4 Å². The van der Waals surface area contributed by atoms with E-state index in [9.17, 15) is 4.79 Å². The first-order chi connectivity index (χ1) is 13.2. The van der Waals surface area contributed by atoms with Gasteiger partial charge in [-0.05, 0) is 79.8 Å². The highest BCUT2D eigenvalue weighted by molar-refractivity contribution is 5.78. The standard InChI is InChI=1S/C23H28N2O2/c26-22(24-18-7-8-18)14-17-15-23(21-6-2-1-5-20(17)21)9-11-25(12-10-23)16-19-4-3-13-27-19/h1-6,13,17-18H,7-12,14-16H2,(H,24,26)/t17-/m1/s1. The van der Waals surface area contributed by atoms with Gasteiger partial charge in [0.25, 0.3) is 0 Å². The molecule has 0 unspecified atom stereocenters. The summed E-state index contributed by atoms with van der Waals surface area (Å²) < 4.78 is 5.52. The predicted octanol–water partition coefficient (Wildman–Crippen LogP) is 3.97. The zero-order valence-corrected chi connectivity index (χ0v) is 15.8. The molecule has 1 saturated carbocycles. The van der Waals surface area contributed by atoms with Crippen LogP contribution in [-0.2, 0) is 16.8 Å². The maximum absolute atomic E-state index is 12.4. The lowest BCUT2D eigenvalue weighted by Gasteiger charge is -2.40. The van der Waals surface area contributed by atoms with Crippen LogP contribution in [0.15, 0.2) is 47.1 Å². The van der Waals surface area contributed by atoms with Crippen LogP contribution >= 0.6 is 0 Å². The average molecular weight is 364 g/mol. The van der Waals surface area contributed by atoms with E-state index >= 15 is 0 Å². The zero-order valence-electron chi connectivity index (χ0n) is 15.8. The number of rotatable bonds is 5. The number of hydrogen-bond donors (Lipinski definition) is 1. The van der Waals surface area contributed by atoms with Gasteiger partial charge in [-0.25, -0.2) is 0 Å². The van der Waals surface area contributed by atoms with Crippen molar-refractivity contribution in [2.45, 2.75) is 62.4 Å². The fourth-order valence-corrected chi connectivity index (χ4v) is 5.18. The zero-order chi connectivity index (χ0) is 18.3. The van der Waals surface area contributed by atoms with Crippen molar-refractivity contribution < 1.29 is 9.21 Å². The quantitative estimate of drug-likeness (QED) is 0.873. The van der Waals surface area contributed by atoms with Crippen LogP contribution in [0.3, 0.4) is 0 Å². The molecule has 2 aliphatic carbocycles. The molecule has 142 valence electrons. The molecule has 1 aliphatic heterocycles. The molecule has 2 fully saturated rings. The third-order valence-electron chi connectivity index (χ3n) is 6.76. The maximum Gasteiger partial charge on any atom is 0.220 e. The Hall–Kier alpha value is -2.07. The Morgan fingerprint density at radius 3 is 2.70 bits per heavy atom. The summed E-state index contributed by atoms with van der Waals surface area (Å²) in [5.41, 5.74) is 3.18. The number of carbonyl (C=O) groups excluding carboxylic acids is 1. The third kappa shape index (κ3) is 3.43. The number of fused-ring (bicyclic) bond motifs is 2. The molecule has 1 aromatic heterocycles. The number of nitrogens with zero attached hydrogens (tertiary/aromatic N) is 1. The van der Waals surface area contributed by atoms with Gasteiger partial charge in [0.1, 0.15) is 5.76 Å². The third-order valence-corrected chi connectivity index (χ3v) is 6.76.